The van der Waals surface area contributed by atoms with E-state index in [1.54, 1.807) is 0 Å². The zero-order chi connectivity index (χ0) is 29.7. The van der Waals surface area contributed by atoms with E-state index in [1.165, 1.54) is 0 Å². The van der Waals surface area contributed by atoms with Crippen LogP contribution in [0.25, 0.3) is 83.1 Å². The largest absolute Gasteiger partial charge is 0.306 e. The first-order chi connectivity index (χ1) is 22.3. The predicted molar refractivity (Wildman–Crippen MR) is 185 cm³/mol. The molecule has 0 fully saturated rings. The fraction of sp³-hybridized carbons (Fsp3) is 0. The van der Waals surface area contributed by atoms with Gasteiger partial charge in [-0.05, 0) is 40.8 Å². The second-order valence-corrected chi connectivity index (χ2v) is 11.4. The molecule has 4 aromatic heterocycles. The zero-order valence-corrected chi connectivity index (χ0v) is 24.3. The molecule has 0 aliphatic heterocycles. The van der Waals surface area contributed by atoms with Crippen LogP contribution in [0.15, 0.2) is 158 Å². The topological polar surface area (TPSA) is 43.1 Å². The number of pyridine rings is 3. The van der Waals surface area contributed by atoms with Crippen molar-refractivity contribution in [1.29, 1.82) is 0 Å². The molecule has 0 aliphatic carbocycles. The van der Waals surface area contributed by atoms with E-state index in [1.807, 2.05) is 40.9 Å². The molecule has 9 aromatic rings. The van der Waals surface area contributed by atoms with Crippen molar-refractivity contribution >= 4 is 38.2 Å². The third-order valence-corrected chi connectivity index (χ3v) is 8.61. The number of aromatic nitrogens is 4. The minimum absolute atomic E-state index is 0.942. The lowest BCUT2D eigenvalue weighted by Crippen LogP contribution is -1.94. The van der Waals surface area contributed by atoms with Gasteiger partial charge < -0.3 is 4.40 Å². The van der Waals surface area contributed by atoms with Gasteiger partial charge >= 0.3 is 0 Å². The second kappa shape index (κ2) is 10.2. The van der Waals surface area contributed by atoms with E-state index in [0.29, 0.717) is 0 Å². The molecular formula is C41H26N4. The Balaban J connectivity index is 1.21. The van der Waals surface area contributed by atoms with Gasteiger partial charge in [0.05, 0.1) is 28.1 Å². The summed E-state index contributed by atoms with van der Waals surface area (Å²) in [7, 11) is 0. The van der Waals surface area contributed by atoms with Crippen molar-refractivity contribution in [2.45, 2.75) is 0 Å². The molecule has 9 rings (SSSR count). The molecule has 4 nitrogen and oxygen atoms in total. The van der Waals surface area contributed by atoms with Crippen molar-refractivity contribution in [2.75, 3.05) is 0 Å². The van der Waals surface area contributed by atoms with Crippen LogP contribution < -0.4 is 0 Å². The van der Waals surface area contributed by atoms with Crippen LogP contribution in [-0.2, 0) is 0 Å². The lowest BCUT2D eigenvalue weighted by Gasteiger charge is -2.14. The first-order valence-electron chi connectivity index (χ1n) is 15.1. The summed E-state index contributed by atoms with van der Waals surface area (Å²) in [6, 6.07) is 50.8. The lowest BCUT2D eigenvalue weighted by molar-refractivity contribution is 1.19. The van der Waals surface area contributed by atoms with Crippen LogP contribution in [0.1, 0.15) is 0 Å². The van der Waals surface area contributed by atoms with Gasteiger partial charge in [-0.1, -0.05) is 121 Å². The summed E-state index contributed by atoms with van der Waals surface area (Å²) in [5.74, 6) is 0. The average Bonchev–Trinajstić information content (AvgIpc) is 3.56. The van der Waals surface area contributed by atoms with Crippen molar-refractivity contribution in [3.8, 4) is 44.9 Å². The van der Waals surface area contributed by atoms with E-state index in [2.05, 4.69) is 121 Å². The maximum absolute atomic E-state index is 5.35. The highest BCUT2D eigenvalue weighted by Crippen LogP contribution is 2.38. The van der Waals surface area contributed by atoms with Gasteiger partial charge in [0.1, 0.15) is 5.65 Å². The molecule has 0 spiro atoms. The molecular weight excluding hydrogens is 548 g/mol. The van der Waals surface area contributed by atoms with Crippen LogP contribution in [0.5, 0.6) is 0 Å². The first kappa shape index (κ1) is 25.4. The van der Waals surface area contributed by atoms with Crippen molar-refractivity contribution in [3.05, 3.63) is 158 Å². The normalized spacial score (nSPS) is 11.6. The minimum Gasteiger partial charge on any atom is -0.306 e. The van der Waals surface area contributed by atoms with Gasteiger partial charge in [-0.3, -0.25) is 0 Å². The highest BCUT2D eigenvalue weighted by molar-refractivity contribution is 6.20. The lowest BCUT2D eigenvalue weighted by atomic mass is 9.95. The molecule has 0 N–H and O–H groups in total. The third-order valence-electron chi connectivity index (χ3n) is 8.61. The van der Waals surface area contributed by atoms with E-state index >= 15 is 0 Å². The standard InChI is InChI=1S/C41H26N4/c1-3-9-28(10-4-1)35-23-20-31-18-22-34-33-21-19-32(25-36(33)44-40(39(34)41(31)43-35)30-11-5-2-6-12-30)27-14-16-29(17-15-27)37-26-45-24-8-7-13-38(45)42-37/h1-26H. The van der Waals surface area contributed by atoms with Gasteiger partial charge in [0.15, 0.2) is 0 Å². The average molecular weight is 575 g/mol. The van der Waals surface area contributed by atoms with Gasteiger partial charge in [-0.2, -0.15) is 0 Å². The number of rotatable bonds is 4. The zero-order valence-electron chi connectivity index (χ0n) is 24.3. The molecule has 0 radical (unpaired) electrons. The van der Waals surface area contributed by atoms with Crippen LogP contribution in [-0.4, -0.2) is 19.4 Å². The Labute approximate surface area is 259 Å². The monoisotopic (exact) mass is 574 g/mol. The second-order valence-electron chi connectivity index (χ2n) is 11.4. The van der Waals surface area contributed by atoms with Gasteiger partial charge in [0, 0.05) is 45.2 Å². The van der Waals surface area contributed by atoms with E-state index in [-0.39, 0.29) is 0 Å². The Hall–Kier alpha value is -6.13. The van der Waals surface area contributed by atoms with Crippen molar-refractivity contribution in [2.24, 2.45) is 0 Å². The Morgan fingerprint density at radius 2 is 1.11 bits per heavy atom. The summed E-state index contributed by atoms with van der Waals surface area (Å²) in [6.45, 7) is 0. The molecule has 0 bridgehead atoms. The van der Waals surface area contributed by atoms with E-state index in [9.17, 15) is 0 Å². The van der Waals surface area contributed by atoms with Gasteiger partial charge in [-0.15, -0.1) is 0 Å². The number of imidazole rings is 1. The summed E-state index contributed by atoms with van der Waals surface area (Å²) in [6.07, 6.45) is 4.10. The van der Waals surface area contributed by atoms with Crippen LogP contribution in [0.4, 0.5) is 0 Å². The molecule has 0 saturated carbocycles. The minimum atomic E-state index is 0.942. The smallest absolute Gasteiger partial charge is 0.137 e. The van der Waals surface area contributed by atoms with Crippen molar-refractivity contribution < 1.29 is 0 Å². The molecule has 0 atom stereocenters. The maximum Gasteiger partial charge on any atom is 0.137 e. The molecule has 0 aliphatic rings. The summed E-state index contributed by atoms with van der Waals surface area (Å²) in [4.78, 5) is 15.4. The Kier molecular flexibility index (Phi) is 5.78. The number of hydrogen-bond acceptors (Lipinski definition) is 3. The summed E-state index contributed by atoms with van der Waals surface area (Å²) in [5.41, 5.74) is 11.3. The quantitative estimate of drug-likeness (QED) is 0.196. The van der Waals surface area contributed by atoms with Crippen LogP contribution >= 0.6 is 0 Å². The van der Waals surface area contributed by atoms with Gasteiger partial charge in [0.2, 0.25) is 0 Å². The summed E-state index contributed by atoms with van der Waals surface area (Å²) < 4.78 is 2.05. The fourth-order valence-electron chi connectivity index (χ4n) is 6.34. The molecule has 0 amide bonds. The third kappa shape index (κ3) is 4.35. The summed E-state index contributed by atoms with van der Waals surface area (Å²) >= 11 is 0. The van der Waals surface area contributed by atoms with Crippen molar-refractivity contribution in [3.63, 3.8) is 0 Å². The van der Waals surface area contributed by atoms with E-state index in [0.717, 1.165) is 83.1 Å². The molecule has 0 unspecified atom stereocenters. The Bertz CT molecular complexity index is 2480. The molecule has 0 saturated heterocycles. The number of nitrogens with zero attached hydrogens (tertiary/aromatic N) is 4. The highest BCUT2D eigenvalue weighted by atomic mass is 15.0. The Morgan fingerprint density at radius 3 is 1.91 bits per heavy atom. The Morgan fingerprint density at radius 1 is 0.444 bits per heavy atom. The van der Waals surface area contributed by atoms with Crippen molar-refractivity contribution in [1.82, 2.24) is 19.4 Å². The number of benzene rings is 5. The fourth-order valence-corrected chi connectivity index (χ4v) is 6.34. The maximum atomic E-state index is 5.35. The van der Waals surface area contributed by atoms with E-state index < -0.39 is 0 Å². The molecule has 210 valence electrons. The number of fused-ring (bicyclic) bond motifs is 6. The molecule has 4 heterocycles. The first-order valence-corrected chi connectivity index (χ1v) is 15.1. The molecule has 5 aromatic carbocycles. The molecule has 45 heavy (non-hydrogen) atoms. The van der Waals surface area contributed by atoms with Crippen LogP contribution in [0.2, 0.25) is 0 Å². The van der Waals surface area contributed by atoms with Crippen LogP contribution in [0, 0.1) is 0 Å². The number of hydrogen-bond donors (Lipinski definition) is 0. The summed E-state index contributed by atoms with van der Waals surface area (Å²) in [5, 5.41) is 4.44. The van der Waals surface area contributed by atoms with Gasteiger partial charge in [0.25, 0.3) is 0 Å². The highest BCUT2D eigenvalue weighted by Gasteiger charge is 2.16. The predicted octanol–water partition coefficient (Wildman–Crippen LogP) is 10.3. The van der Waals surface area contributed by atoms with Gasteiger partial charge in [-0.25, -0.2) is 15.0 Å². The SMILES string of the molecule is c1ccc(-c2ccc3ccc4c5ccc(-c6ccc(-c7cn8ccccc8n7)cc6)cc5nc(-c5ccccc5)c4c3n2)cc1. The molecule has 4 heteroatoms. The van der Waals surface area contributed by atoms with Crippen LogP contribution in [0.3, 0.4) is 0 Å². The van der Waals surface area contributed by atoms with E-state index in [4.69, 9.17) is 15.0 Å².